The van der Waals surface area contributed by atoms with Crippen LogP contribution in [0.5, 0.6) is 17.2 Å². The minimum Gasteiger partial charge on any atom is -0.507 e. The van der Waals surface area contributed by atoms with Crippen molar-refractivity contribution in [3.05, 3.63) is 65.7 Å². The van der Waals surface area contributed by atoms with Crippen LogP contribution < -0.4 is 9.47 Å². The zero-order chi connectivity index (χ0) is 18.1. The number of rotatable bonds is 0. The molecule has 1 aliphatic heterocycles. The van der Waals surface area contributed by atoms with Crippen molar-refractivity contribution in [3.63, 3.8) is 0 Å². The number of aliphatic hydroxyl groups excluding tert-OH is 1. The number of halogens is 1. The normalized spacial score (nSPS) is 22.6. The number of aliphatic hydroxyl groups is 1. The predicted octanol–water partition coefficient (Wildman–Crippen LogP) is 3.33. The standard InChI is InChI=1S/C20H13ClO5/c21-17-18(23)16-11(6-3-7-12(16)22)20(19(17)24)25-13-8-1-4-10-5-2-9-14(26-20)15(10)13/h1-9,17,19,22,24H/t17-,19-/m1/s1. The molecule has 0 unspecified atom stereocenters. The number of carbonyl (C=O) groups excluding carboxylic acids is 1. The van der Waals surface area contributed by atoms with Crippen molar-refractivity contribution in [1.29, 1.82) is 0 Å². The SMILES string of the molecule is O=C1c2c(O)cccc2C2(Oc3cccc4cccc(c34)O2)[C@H](O)[C@@H]1Cl. The molecule has 6 heteroatoms. The summed E-state index contributed by atoms with van der Waals surface area (Å²) in [5.41, 5.74) is 0.253. The Hall–Kier alpha value is -2.76. The van der Waals surface area contributed by atoms with Crippen molar-refractivity contribution in [3.8, 4) is 17.2 Å². The molecule has 26 heavy (non-hydrogen) atoms. The first-order valence-corrected chi connectivity index (χ1v) is 8.55. The highest BCUT2D eigenvalue weighted by Crippen LogP contribution is 2.50. The minimum absolute atomic E-state index is 0.00403. The number of hydrogen-bond acceptors (Lipinski definition) is 5. The van der Waals surface area contributed by atoms with Gasteiger partial charge in [-0.2, -0.15) is 0 Å². The van der Waals surface area contributed by atoms with E-state index in [1.165, 1.54) is 6.07 Å². The lowest BCUT2D eigenvalue weighted by Crippen LogP contribution is -2.59. The van der Waals surface area contributed by atoms with Gasteiger partial charge in [-0.25, -0.2) is 0 Å². The van der Waals surface area contributed by atoms with Crippen LogP contribution >= 0.6 is 11.6 Å². The molecule has 0 saturated heterocycles. The molecule has 0 amide bonds. The fraction of sp³-hybridized carbons (Fsp3) is 0.150. The molecule has 2 atom stereocenters. The second kappa shape index (κ2) is 5.13. The van der Waals surface area contributed by atoms with E-state index in [1.54, 1.807) is 24.3 Å². The van der Waals surface area contributed by atoms with Gasteiger partial charge in [0.15, 0.2) is 11.9 Å². The number of aromatic hydroxyl groups is 1. The maximum atomic E-state index is 12.5. The Bertz CT molecular complexity index is 1040. The number of ether oxygens (including phenoxy) is 2. The van der Waals surface area contributed by atoms with E-state index < -0.39 is 23.1 Å². The lowest BCUT2D eigenvalue weighted by atomic mass is 9.82. The van der Waals surface area contributed by atoms with Gasteiger partial charge in [0.1, 0.15) is 22.6 Å². The van der Waals surface area contributed by atoms with E-state index in [1.807, 2.05) is 24.3 Å². The van der Waals surface area contributed by atoms with Gasteiger partial charge in [-0.05, 0) is 23.6 Å². The Morgan fingerprint density at radius 1 is 0.962 bits per heavy atom. The number of ketones is 1. The minimum atomic E-state index is -1.73. The van der Waals surface area contributed by atoms with Crippen molar-refractivity contribution in [2.24, 2.45) is 0 Å². The van der Waals surface area contributed by atoms with Gasteiger partial charge < -0.3 is 19.7 Å². The number of fused-ring (bicyclic) bond motifs is 2. The van der Waals surface area contributed by atoms with Gasteiger partial charge >= 0.3 is 5.79 Å². The second-order valence-corrected chi connectivity index (χ2v) is 6.86. The molecule has 0 fully saturated rings. The molecule has 0 bridgehead atoms. The molecule has 1 aliphatic carbocycles. The predicted molar refractivity (Wildman–Crippen MR) is 95.0 cm³/mol. The lowest BCUT2D eigenvalue weighted by molar-refractivity contribution is -0.198. The fourth-order valence-corrected chi connectivity index (χ4v) is 4.02. The van der Waals surface area contributed by atoms with E-state index >= 15 is 0 Å². The average Bonchev–Trinajstić information content (AvgIpc) is 2.65. The molecule has 5 rings (SSSR count). The summed E-state index contributed by atoms with van der Waals surface area (Å²) in [4.78, 5) is 12.5. The van der Waals surface area contributed by atoms with Crippen molar-refractivity contribution < 1.29 is 24.5 Å². The van der Waals surface area contributed by atoms with Crippen LogP contribution in [0.25, 0.3) is 10.8 Å². The number of phenolic OH excluding ortho intramolecular Hbond substituents is 1. The molecule has 0 aromatic heterocycles. The first-order chi connectivity index (χ1) is 12.5. The Balaban J connectivity index is 1.81. The number of hydrogen-bond donors (Lipinski definition) is 2. The Morgan fingerprint density at radius 3 is 2.23 bits per heavy atom. The summed E-state index contributed by atoms with van der Waals surface area (Å²) >= 11 is 6.20. The van der Waals surface area contributed by atoms with Gasteiger partial charge in [-0.3, -0.25) is 4.79 Å². The smallest absolute Gasteiger partial charge is 0.307 e. The van der Waals surface area contributed by atoms with Gasteiger partial charge in [0.25, 0.3) is 0 Å². The van der Waals surface area contributed by atoms with Crippen LogP contribution in [-0.4, -0.2) is 27.5 Å². The van der Waals surface area contributed by atoms with Gasteiger partial charge in [0.05, 0.1) is 16.5 Å². The molecule has 130 valence electrons. The van der Waals surface area contributed by atoms with E-state index in [9.17, 15) is 15.0 Å². The molecule has 0 radical (unpaired) electrons. The van der Waals surface area contributed by atoms with Crippen LogP contribution in [0.3, 0.4) is 0 Å². The average molecular weight is 369 g/mol. The summed E-state index contributed by atoms with van der Waals surface area (Å²) in [5.74, 6) is -1.50. The zero-order valence-electron chi connectivity index (χ0n) is 13.3. The number of alkyl halides is 1. The summed E-state index contributed by atoms with van der Waals surface area (Å²) in [6, 6.07) is 15.6. The third kappa shape index (κ3) is 1.81. The molecular weight excluding hydrogens is 356 g/mol. The second-order valence-electron chi connectivity index (χ2n) is 6.39. The van der Waals surface area contributed by atoms with E-state index in [2.05, 4.69) is 0 Å². The number of benzene rings is 3. The molecule has 3 aromatic carbocycles. The third-order valence-electron chi connectivity index (χ3n) is 4.93. The van der Waals surface area contributed by atoms with Gasteiger partial charge in [-0.1, -0.05) is 36.4 Å². The van der Waals surface area contributed by atoms with Crippen molar-refractivity contribution in [1.82, 2.24) is 0 Å². The zero-order valence-corrected chi connectivity index (χ0v) is 14.1. The van der Waals surface area contributed by atoms with Crippen LogP contribution in [0.15, 0.2) is 54.6 Å². The van der Waals surface area contributed by atoms with Gasteiger partial charge in [-0.15, -0.1) is 11.6 Å². The molecule has 2 N–H and O–H groups in total. The van der Waals surface area contributed by atoms with Crippen molar-refractivity contribution in [2.75, 3.05) is 0 Å². The van der Waals surface area contributed by atoms with Crippen molar-refractivity contribution in [2.45, 2.75) is 17.3 Å². The van der Waals surface area contributed by atoms with Gasteiger partial charge in [0, 0.05) is 0 Å². The fourth-order valence-electron chi connectivity index (χ4n) is 3.74. The van der Waals surface area contributed by atoms with Crippen LogP contribution in [-0.2, 0) is 5.79 Å². The largest absolute Gasteiger partial charge is 0.507 e. The number of phenols is 1. The molecule has 5 nitrogen and oxygen atoms in total. The van der Waals surface area contributed by atoms with E-state index in [-0.39, 0.29) is 16.9 Å². The third-order valence-corrected chi connectivity index (χ3v) is 5.37. The van der Waals surface area contributed by atoms with Gasteiger partial charge in [0.2, 0.25) is 0 Å². The Labute approximate surface area is 153 Å². The highest BCUT2D eigenvalue weighted by atomic mass is 35.5. The summed E-state index contributed by atoms with van der Waals surface area (Å²) < 4.78 is 12.2. The van der Waals surface area contributed by atoms with Crippen LogP contribution in [0.4, 0.5) is 0 Å². The summed E-state index contributed by atoms with van der Waals surface area (Å²) in [6.07, 6.45) is -1.46. The monoisotopic (exact) mass is 368 g/mol. The van der Waals surface area contributed by atoms with E-state index in [0.29, 0.717) is 11.5 Å². The number of Topliss-reactive ketones (excluding diaryl/α,β-unsaturated/α-hetero) is 1. The van der Waals surface area contributed by atoms with Crippen LogP contribution in [0.2, 0.25) is 0 Å². The van der Waals surface area contributed by atoms with E-state index in [0.717, 1.165) is 10.8 Å². The highest BCUT2D eigenvalue weighted by Gasteiger charge is 2.58. The van der Waals surface area contributed by atoms with Crippen LogP contribution in [0.1, 0.15) is 15.9 Å². The highest BCUT2D eigenvalue weighted by molar-refractivity contribution is 6.35. The quantitative estimate of drug-likeness (QED) is 0.595. The molecule has 0 saturated carbocycles. The first kappa shape index (κ1) is 15.5. The summed E-state index contributed by atoms with van der Waals surface area (Å²) in [5, 5.41) is 21.5. The Kier molecular flexibility index (Phi) is 3.05. The topological polar surface area (TPSA) is 76.0 Å². The molecule has 1 spiro atoms. The number of carbonyl (C=O) groups is 1. The van der Waals surface area contributed by atoms with Crippen molar-refractivity contribution >= 4 is 28.2 Å². The van der Waals surface area contributed by atoms with E-state index in [4.69, 9.17) is 21.1 Å². The molecule has 3 aromatic rings. The molecule has 2 aliphatic rings. The summed E-state index contributed by atoms with van der Waals surface area (Å²) in [7, 11) is 0. The first-order valence-electron chi connectivity index (χ1n) is 8.11. The summed E-state index contributed by atoms with van der Waals surface area (Å²) in [6.45, 7) is 0. The maximum absolute atomic E-state index is 12.5. The molecular formula is C20H13ClO5. The maximum Gasteiger partial charge on any atom is 0.307 e. The lowest BCUT2D eigenvalue weighted by Gasteiger charge is -2.45. The van der Waals surface area contributed by atoms with Crippen LogP contribution in [0, 0.1) is 0 Å². The Morgan fingerprint density at radius 2 is 1.58 bits per heavy atom. The molecule has 1 heterocycles.